The Balaban J connectivity index is 1.55. The van der Waals surface area contributed by atoms with Crippen molar-refractivity contribution < 1.29 is 14.4 Å². The minimum absolute atomic E-state index is 0.195. The summed E-state index contributed by atoms with van der Waals surface area (Å²) >= 11 is 5.83. The van der Waals surface area contributed by atoms with Crippen LogP contribution in [0.5, 0.6) is 0 Å². The number of hydrogen-bond acceptors (Lipinski definition) is 5. The summed E-state index contributed by atoms with van der Waals surface area (Å²) in [6.45, 7) is 0.513. The lowest BCUT2D eigenvalue weighted by molar-refractivity contribution is -0.118. The number of urea groups is 1. The molecule has 0 spiro atoms. The van der Waals surface area contributed by atoms with Gasteiger partial charge in [0, 0.05) is 47.9 Å². The number of pyridine rings is 2. The fourth-order valence-corrected chi connectivity index (χ4v) is 3.30. The minimum atomic E-state index is -0.450. The lowest BCUT2D eigenvalue weighted by atomic mass is 10.1. The SMILES string of the molecule is NC(=O)CCCCCNC(=O)c1cccc(C#Cc2cc(NC(=O)Nc3ccnc(Cl)c3)ccn2)c1. The number of benzene rings is 1. The average molecular weight is 505 g/mol. The Bertz CT molecular complexity index is 1300. The van der Waals surface area contributed by atoms with Crippen LogP contribution in [0.4, 0.5) is 16.2 Å². The number of anilines is 2. The lowest BCUT2D eigenvalue weighted by Crippen LogP contribution is -2.24. The third-order valence-electron chi connectivity index (χ3n) is 4.85. The average Bonchev–Trinajstić information content (AvgIpc) is 2.85. The fraction of sp³-hybridized carbons (Fsp3) is 0.192. The summed E-state index contributed by atoms with van der Waals surface area (Å²) in [7, 11) is 0. The van der Waals surface area contributed by atoms with Gasteiger partial charge in [-0.15, -0.1) is 0 Å². The van der Waals surface area contributed by atoms with Crippen molar-refractivity contribution in [1.29, 1.82) is 0 Å². The van der Waals surface area contributed by atoms with Crippen LogP contribution in [-0.4, -0.2) is 34.4 Å². The van der Waals surface area contributed by atoms with E-state index < -0.39 is 6.03 Å². The van der Waals surface area contributed by atoms with Crippen molar-refractivity contribution in [2.45, 2.75) is 25.7 Å². The zero-order valence-electron chi connectivity index (χ0n) is 19.4. The van der Waals surface area contributed by atoms with Crippen molar-refractivity contribution >= 4 is 40.8 Å². The predicted molar refractivity (Wildman–Crippen MR) is 139 cm³/mol. The first-order valence-corrected chi connectivity index (χ1v) is 11.6. The third-order valence-corrected chi connectivity index (χ3v) is 5.05. The molecule has 0 aliphatic rings. The van der Waals surface area contributed by atoms with E-state index in [1.165, 1.54) is 18.5 Å². The zero-order chi connectivity index (χ0) is 25.8. The van der Waals surface area contributed by atoms with Crippen LogP contribution in [0, 0.1) is 11.8 Å². The number of aromatic nitrogens is 2. The largest absolute Gasteiger partial charge is 0.370 e. The van der Waals surface area contributed by atoms with Crippen LogP contribution in [0.2, 0.25) is 5.15 Å². The Morgan fingerprint density at radius 1 is 0.889 bits per heavy atom. The van der Waals surface area contributed by atoms with E-state index in [1.807, 2.05) is 0 Å². The number of nitrogens with zero attached hydrogens (tertiary/aromatic N) is 2. The van der Waals surface area contributed by atoms with Crippen molar-refractivity contribution in [2.24, 2.45) is 5.73 Å². The number of amides is 4. The minimum Gasteiger partial charge on any atom is -0.370 e. The second kappa shape index (κ2) is 13.5. The molecule has 2 aromatic heterocycles. The van der Waals surface area contributed by atoms with E-state index in [1.54, 1.807) is 42.5 Å². The predicted octanol–water partition coefficient (Wildman–Crippen LogP) is 3.95. The van der Waals surface area contributed by atoms with Gasteiger partial charge in [0.05, 0.1) is 0 Å². The molecule has 4 amide bonds. The molecule has 0 atom stereocenters. The first-order valence-electron chi connectivity index (χ1n) is 11.2. The summed E-state index contributed by atoms with van der Waals surface area (Å²) in [5, 5.41) is 8.51. The Kier molecular flexibility index (Phi) is 9.79. The van der Waals surface area contributed by atoms with E-state index in [4.69, 9.17) is 17.3 Å². The van der Waals surface area contributed by atoms with Crippen molar-refractivity contribution in [3.63, 3.8) is 0 Å². The molecule has 0 aliphatic heterocycles. The number of nitrogens with one attached hydrogen (secondary N) is 3. The van der Waals surface area contributed by atoms with Crippen molar-refractivity contribution in [1.82, 2.24) is 15.3 Å². The highest BCUT2D eigenvalue weighted by atomic mass is 35.5. The summed E-state index contributed by atoms with van der Waals surface area (Å²) in [6.07, 6.45) is 5.68. The lowest BCUT2D eigenvalue weighted by Gasteiger charge is -2.07. The summed E-state index contributed by atoms with van der Waals surface area (Å²) in [6, 6.07) is 13.0. The van der Waals surface area contributed by atoms with Gasteiger partial charge in [0.15, 0.2) is 0 Å². The van der Waals surface area contributed by atoms with E-state index in [0.717, 1.165) is 12.8 Å². The highest BCUT2D eigenvalue weighted by molar-refractivity contribution is 6.29. The number of primary amides is 1. The van der Waals surface area contributed by atoms with Crippen LogP contribution in [0.3, 0.4) is 0 Å². The maximum atomic E-state index is 12.4. The molecule has 2 heterocycles. The molecular formula is C26H25ClN6O3. The molecule has 36 heavy (non-hydrogen) atoms. The normalized spacial score (nSPS) is 10.0. The van der Waals surface area contributed by atoms with Gasteiger partial charge in [0.25, 0.3) is 5.91 Å². The van der Waals surface area contributed by atoms with Gasteiger partial charge < -0.3 is 21.7 Å². The quantitative estimate of drug-likeness (QED) is 0.198. The first kappa shape index (κ1) is 26.2. The van der Waals surface area contributed by atoms with Crippen LogP contribution in [0.1, 0.15) is 47.3 Å². The number of nitrogens with two attached hydrogens (primary N) is 1. The summed E-state index contributed by atoms with van der Waals surface area (Å²) < 4.78 is 0. The van der Waals surface area contributed by atoms with Gasteiger partial charge in [-0.1, -0.05) is 30.0 Å². The second-order valence-corrected chi connectivity index (χ2v) is 8.13. The van der Waals surface area contributed by atoms with Gasteiger partial charge in [-0.2, -0.15) is 0 Å². The van der Waals surface area contributed by atoms with Gasteiger partial charge in [-0.3, -0.25) is 9.59 Å². The van der Waals surface area contributed by atoms with Gasteiger partial charge in [0.2, 0.25) is 5.91 Å². The molecule has 9 nitrogen and oxygen atoms in total. The van der Waals surface area contributed by atoms with E-state index >= 15 is 0 Å². The third kappa shape index (κ3) is 9.08. The Labute approximate surface area is 213 Å². The molecule has 0 bridgehead atoms. The molecule has 0 radical (unpaired) electrons. The number of halogens is 1. The van der Waals surface area contributed by atoms with Gasteiger partial charge in [0.1, 0.15) is 10.8 Å². The molecule has 0 saturated heterocycles. The van der Waals surface area contributed by atoms with Gasteiger partial charge in [-0.25, -0.2) is 14.8 Å². The number of carbonyl (C=O) groups is 3. The molecule has 1 aromatic carbocycles. The van der Waals surface area contributed by atoms with Gasteiger partial charge >= 0.3 is 6.03 Å². The zero-order valence-corrected chi connectivity index (χ0v) is 20.1. The second-order valence-electron chi connectivity index (χ2n) is 7.74. The molecule has 0 aliphatic carbocycles. The molecule has 3 rings (SSSR count). The molecule has 184 valence electrons. The maximum Gasteiger partial charge on any atom is 0.323 e. The molecular weight excluding hydrogens is 480 g/mol. The molecule has 0 fully saturated rings. The van der Waals surface area contributed by atoms with Crippen LogP contribution in [0.15, 0.2) is 60.9 Å². The fourth-order valence-electron chi connectivity index (χ4n) is 3.13. The summed E-state index contributed by atoms with van der Waals surface area (Å²) in [5.74, 6) is 5.43. The van der Waals surface area contributed by atoms with E-state index in [2.05, 4.69) is 37.8 Å². The summed E-state index contributed by atoms with van der Waals surface area (Å²) in [4.78, 5) is 43.5. The van der Waals surface area contributed by atoms with Crippen molar-refractivity contribution in [3.05, 3.63) is 82.9 Å². The highest BCUT2D eigenvalue weighted by Crippen LogP contribution is 2.13. The van der Waals surface area contributed by atoms with E-state index in [9.17, 15) is 14.4 Å². The smallest absolute Gasteiger partial charge is 0.323 e. The number of rotatable bonds is 9. The number of unbranched alkanes of at least 4 members (excludes halogenated alkanes) is 2. The molecule has 0 unspecified atom stereocenters. The standard InChI is InChI=1S/C26H25ClN6O3/c27-23-17-22(11-14-30-23)33-26(36)32-21-10-13-29-20(16-21)9-8-18-5-4-6-19(15-18)25(35)31-12-3-1-2-7-24(28)34/h4-6,10-11,13-17H,1-3,7,12H2,(H2,28,34)(H,31,35)(H2,29,30,32,33,36). The van der Waals surface area contributed by atoms with E-state index in [0.29, 0.717) is 47.6 Å². The molecule has 0 saturated carbocycles. The Hall–Kier alpha value is -4.42. The topological polar surface area (TPSA) is 139 Å². The Morgan fingerprint density at radius 2 is 1.64 bits per heavy atom. The van der Waals surface area contributed by atoms with Crippen LogP contribution in [0.25, 0.3) is 0 Å². The first-order chi connectivity index (χ1) is 17.4. The van der Waals surface area contributed by atoms with Crippen LogP contribution < -0.4 is 21.7 Å². The van der Waals surface area contributed by atoms with Crippen LogP contribution >= 0.6 is 11.6 Å². The number of carbonyl (C=O) groups excluding carboxylic acids is 3. The van der Waals surface area contributed by atoms with Crippen molar-refractivity contribution in [3.8, 4) is 11.8 Å². The highest BCUT2D eigenvalue weighted by Gasteiger charge is 2.06. The molecule has 5 N–H and O–H groups in total. The maximum absolute atomic E-state index is 12.4. The van der Waals surface area contributed by atoms with Gasteiger partial charge in [-0.05, 0) is 61.2 Å². The van der Waals surface area contributed by atoms with Crippen molar-refractivity contribution in [2.75, 3.05) is 17.2 Å². The number of hydrogen-bond donors (Lipinski definition) is 4. The molecule has 3 aromatic rings. The molecule has 10 heteroatoms. The van der Waals surface area contributed by atoms with E-state index in [-0.39, 0.29) is 17.0 Å². The van der Waals surface area contributed by atoms with Crippen LogP contribution in [-0.2, 0) is 4.79 Å². The Morgan fingerprint density at radius 3 is 2.39 bits per heavy atom. The summed E-state index contributed by atoms with van der Waals surface area (Å²) in [5.41, 5.74) is 7.73. The monoisotopic (exact) mass is 504 g/mol.